The number of methoxy groups -OCH3 is 1. The number of ether oxygens (including phenoxy) is 1. The van der Waals surface area contributed by atoms with Gasteiger partial charge in [-0.1, -0.05) is 6.92 Å². The van der Waals surface area contributed by atoms with Crippen molar-refractivity contribution in [2.75, 3.05) is 26.7 Å². The van der Waals surface area contributed by atoms with Gasteiger partial charge < -0.3 is 15.4 Å². The van der Waals surface area contributed by atoms with E-state index in [9.17, 15) is 4.79 Å². The van der Waals surface area contributed by atoms with Crippen molar-refractivity contribution < 1.29 is 9.53 Å². The van der Waals surface area contributed by atoms with Crippen molar-refractivity contribution in [2.45, 2.75) is 33.3 Å². The van der Waals surface area contributed by atoms with E-state index >= 15 is 0 Å². The van der Waals surface area contributed by atoms with Gasteiger partial charge in [-0.2, -0.15) is 0 Å². The quantitative estimate of drug-likeness (QED) is 0.922. The molecule has 2 atom stereocenters. The van der Waals surface area contributed by atoms with Gasteiger partial charge in [0.2, 0.25) is 0 Å². The van der Waals surface area contributed by atoms with Crippen molar-refractivity contribution in [3.05, 3.63) is 15.6 Å². The SMILES string of the molecule is COC(C)c1nc(C)c(C(=O)N2CCC(C)(CN)C2)s1. The lowest BCUT2D eigenvalue weighted by molar-refractivity contribution is 0.0780. The summed E-state index contributed by atoms with van der Waals surface area (Å²) in [6.07, 6.45) is 0.891. The fourth-order valence-electron chi connectivity index (χ4n) is 2.40. The van der Waals surface area contributed by atoms with Gasteiger partial charge in [-0.15, -0.1) is 11.3 Å². The number of nitrogens with two attached hydrogens (primary N) is 1. The lowest BCUT2D eigenvalue weighted by Gasteiger charge is -2.22. The molecule has 1 amide bonds. The van der Waals surface area contributed by atoms with E-state index < -0.39 is 0 Å². The lowest BCUT2D eigenvalue weighted by atomic mass is 9.90. The standard InChI is InChI=1S/C14H23N3O2S/c1-9-11(20-12(16-9)10(2)19-4)13(18)17-6-5-14(3,7-15)8-17/h10H,5-8,15H2,1-4H3. The third-order valence-electron chi connectivity index (χ3n) is 4.05. The van der Waals surface area contributed by atoms with E-state index in [0.717, 1.165) is 35.1 Å². The van der Waals surface area contributed by atoms with Gasteiger partial charge in [-0.25, -0.2) is 4.98 Å². The molecule has 0 bridgehead atoms. The number of hydrogen-bond donors (Lipinski definition) is 1. The Bertz CT molecular complexity index is 503. The van der Waals surface area contributed by atoms with Gasteiger partial charge in [0.15, 0.2) is 0 Å². The first-order chi connectivity index (χ1) is 9.40. The molecule has 0 radical (unpaired) electrons. The van der Waals surface area contributed by atoms with Crippen LogP contribution in [0.25, 0.3) is 0 Å². The normalized spacial score (nSPS) is 24.1. The number of likely N-dealkylation sites (tertiary alicyclic amines) is 1. The Labute approximate surface area is 124 Å². The van der Waals surface area contributed by atoms with Crippen molar-refractivity contribution in [1.29, 1.82) is 0 Å². The molecule has 1 aliphatic rings. The Hall–Kier alpha value is -0.980. The van der Waals surface area contributed by atoms with Gasteiger partial charge in [-0.3, -0.25) is 4.79 Å². The number of carbonyl (C=O) groups is 1. The summed E-state index contributed by atoms with van der Waals surface area (Å²) in [6.45, 7) is 8.08. The number of aromatic nitrogens is 1. The number of thiazole rings is 1. The second kappa shape index (κ2) is 5.79. The highest BCUT2D eigenvalue weighted by Gasteiger charge is 2.36. The van der Waals surface area contributed by atoms with Gasteiger partial charge in [-0.05, 0) is 32.2 Å². The van der Waals surface area contributed by atoms with Crippen LogP contribution in [0.4, 0.5) is 0 Å². The zero-order valence-electron chi connectivity index (χ0n) is 12.6. The van der Waals surface area contributed by atoms with Gasteiger partial charge in [0.25, 0.3) is 5.91 Å². The number of amides is 1. The van der Waals surface area contributed by atoms with Crippen molar-refractivity contribution >= 4 is 17.2 Å². The summed E-state index contributed by atoms with van der Waals surface area (Å²) in [4.78, 5) is 19.7. The summed E-state index contributed by atoms with van der Waals surface area (Å²) in [5, 5.41) is 0.856. The van der Waals surface area contributed by atoms with Crippen LogP contribution in [-0.2, 0) is 4.74 Å². The Morgan fingerprint density at radius 3 is 2.90 bits per heavy atom. The van der Waals surface area contributed by atoms with Crippen LogP contribution in [0.2, 0.25) is 0 Å². The van der Waals surface area contributed by atoms with Gasteiger partial charge in [0, 0.05) is 20.2 Å². The molecule has 112 valence electrons. The lowest BCUT2D eigenvalue weighted by Crippen LogP contribution is -2.34. The van der Waals surface area contributed by atoms with Crippen molar-refractivity contribution in [3.8, 4) is 0 Å². The molecule has 2 rings (SSSR count). The van der Waals surface area contributed by atoms with Crippen LogP contribution in [-0.4, -0.2) is 42.5 Å². The average molecular weight is 297 g/mol. The van der Waals surface area contributed by atoms with Gasteiger partial charge in [0.1, 0.15) is 16.0 Å². The molecule has 1 aromatic rings. The second-order valence-electron chi connectivity index (χ2n) is 5.84. The van der Waals surface area contributed by atoms with Crippen molar-refractivity contribution in [2.24, 2.45) is 11.1 Å². The Kier molecular flexibility index (Phi) is 4.46. The number of hydrogen-bond acceptors (Lipinski definition) is 5. The first-order valence-electron chi connectivity index (χ1n) is 6.89. The predicted octanol–water partition coefficient (Wildman–Crippen LogP) is 1.97. The average Bonchev–Trinajstić information content (AvgIpc) is 3.02. The minimum absolute atomic E-state index is 0.0525. The molecular weight excluding hydrogens is 274 g/mol. The summed E-state index contributed by atoms with van der Waals surface area (Å²) in [5.41, 5.74) is 6.64. The summed E-state index contributed by atoms with van der Waals surface area (Å²) in [6, 6.07) is 0. The summed E-state index contributed by atoms with van der Waals surface area (Å²) < 4.78 is 5.27. The van der Waals surface area contributed by atoms with Crippen LogP contribution in [0.3, 0.4) is 0 Å². The first-order valence-corrected chi connectivity index (χ1v) is 7.71. The zero-order chi connectivity index (χ0) is 14.9. The molecule has 1 saturated heterocycles. The van der Waals surface area contributed by atoms with Crippen molar-refractivity contribution in [3.63, 3.8) is 0 Å². The maximum Gasteiger partial charge on any atom is 0.265 e. The largest absolute Gasteiger partial charge is 0.375 e. The molecule has 0 aliphatic carbocycles. The molecular formula is C14H23N3O2S. The van der Waals surface area contributed by atoms with Crippen LogP contribution < -0.4 is 5.73 Å². The third kappa shape index (κ3) is 2.87. The van der Waals surface area contributed by atoms with Crippen LogP contribution in [0.15, 0.2) is 0 Å². The van der Waals surface area contributed by atoms with E-state index in [1.165, 1.54) is 11.3 Å². The Balaban J connectivity index is 2.16. The van der Waals surface area contributed by atoms with E-state index in [2.05, 4.69) is 11.9 Å². The molecule has 20 heavy (non-hydrogen) atoms. The molecule has 2 heterocycles. The monoisotopic (exact) mass is 297 g/mol. The van der Waals surface area contributed by atoms with E-state index in [1.54, 1.807) is 7.11 Å². The fourth-order valence-corrected chi connectivity index (χ4v) is 3.46. The number of carbonyl (C=O) groups excluding carboxylic acids is 1. The molecule has 1 fully saturated rings. The molecule has 5 nitrogen and oxygen atoms in total. The third-order valence-corrected chi connectivity index (χ3v) is 5.35. The highest BCUT2D eigenvalue weighted by atomic mass is 32.1. The van der Waals surface area contributed by atoms with E-state index in [4.69, 9.17) is 10.5 Å². The van der Waals surface area contributed by atoms with Gasteiger partial charge in [0.05, 0.1) is 5.69 Å². The number of aryl methyl sites for hydroxylation is 1. The summed E-state index contributed by atoms with van der Waals surface area (Å²) in [7, 11) is 1.65. The molecule has 0 spiro atoms. The first kappa shape index (κ1) is 15.4. The predicted molar refractivity (Wildman–Crippen MR) is 80.0 cm³/mol. The molecule has 2 unspecified atom stereocenters. The van der Waals surface area contributed by atoms with E-state index in [0.29, 0.717) is 6.54 Å². The minimum Gasteiger partial charge on any atom is -0.375 e. The summed E-state index contributed by atoms with van der Waals surface area (Å²) in [5.74, 6) is 0.0757. The Morgan fingerprint density at radius 2 is 2.35 bits per heavy atom. The molecule has 0 saturated carbocycles. The second-order valence-corrected chi connectivity index (χ2v) is 6.87. The highest BCUT2D eigenvalue weighted by molar-refractivity contribution is 7.13. The zero-order valence-corrected chi connectivity index (χ0v) is 13.4. The highest BCUT2D eigenvalue weighted by Crippen LogP contribution is 2.32. The van der Waals surface area contributed by atoms with Crippen molar-refractivity contribution in [1.82, 2.24) is 9.88 Å². The fraction of sp³-hybridized carbons (Fsp3) is 0.714. The van der Waals surface area contributed by atoms with Crippen LogP contribution in [0, 0.1) is 12.3 Å². The molecule has 1 aliphatic heterocycles. The van der Waals surface area contributed by atoms with Gasteiger partial charge >= 0.3 is 0 Å². The smallest absolute Gasteiger partial charge is 0.265 e. The molecule has 2 N–H and O–H groups in total. The van der Waals surface area contributed by atoms with E-state index in [1.807, 2.05) is 18.7 Å². The summed E-state index contributed by atoms with van der Waals surface area (Å²) >= 11 is 1.44. The van der Waals surface area contributed by atoms with Crippen LogP contribution in [0.1, 0.15) is 46.7 Å². The number of rotatable bonds is 4. The van der Waals surface area contributed by atoms with E-state index in [-0.39, 0.29) is 17.4 Å². The number of nitrogens with zero attached hydrogens (tertiary/aromatic N) is 2. The molecule has 6 heteroatoms. The topological polar surface area (TPSA) is 68.5 Å². The maximum absolute atomic E-state index is 12.6. The van der Waals surface area contributed by atoms with Crippen LogP contribution in [0.5, 0.6) is 0 Å². The Morgan fingerprint density at radius 1 is 1.65 bits per heavy atom. The minimum atomic E-state index is -0.0758. The maximum atomic E-state index is 12.6. The molecule has 1 aromatic heterocycles. The van der Waals surface area contributed by atoms with Crippen LogP contribution >= 0.6 is 11.3 Å². The molecule has 0 aromatic carbocycles.